The zero-order valence-corrected chi connectivity index (χ0v) is 16.9. The second-order valence-electron chi connectivity index (χ2n) is 5.82. The minimum atomic E-state index is -3.90. The summed E-state index contributed by atoms with van der Waals surface area (Å²) >= 11 is 1.07. The van der Waals surface area contributed by atoms with Gasteiger partial charge in [0.15, 0.2) is 11.6 Å². The Morgan fingerprint density at radius 3 is 2.69 bits per heavy atom. The zero-order valence-electron chi connectivity index (χ0n) is 15.3. The highest BCUT2D eigenvalue weighted by Crippen LogP contribution is 2.27. The molecule has 4 N–H and O–H groups in total. The quantitative estimate of drug-likeness (QED) is 0.501. The molecule has 0 saturated carbocycles. The number of aromatic nitrogens is 2. The number of carbonyl (C=O) groups is 1. The van der Waals surface area contributed by atoms with Crippen molar-refractivity contribution in [3.63, 3.8) is 0 Å². The maximum atomic E-state index is 14.1. The van der Waals surface area contributed by atoms with Crippen LogP contribution in [-0.2, 0) is 14.8 Å². The normalized spacial score (nSPS) is 11.2. The summed E-state index contributed by atoms with van der Waals surface area (Å²) in [6.07, 6.45) is 0.960. The molecule has 0 spiro atoms. The van der Waals surface area contributed by atoms with E-state index in [1.807, 2.05) is 0 Å². The molecule has 29 heavy (non-hydrogen) atoms. The third-order valence-electron chi connectivity index (χ3n) is 3.73. The van der Waals surface area contributed by atoms with Crippen molar-refractivity contribution in [2.45, 2.75) is 11.8 Å². The molecule has 0 amide bonds. The number of thiophene rings is 1. The number of nitrogens with one attached hydrogen (secondary N) is 2. The van der Waals surface area contributed by atoms with Gasteiger partial charge >= 0.3 is 5.97 Å². The van der Waals surface area contributed by atoms with Crippen molar-refractivity contribution in [2.75, 3.05) is 17.7 Å². The molecule has 0 bridgehead atoms. The molecular formula is C17H16FN5O4S2. The van der Waals surface area contributed by atoms with Gasteiger partial charge in [-0.05, 0) is 36.8 Å². The SMILES string of the molecule is COC(=O)c1ccc(Nc2nc(Nc3ccc(C)c(S(N)(=O)=O)c3)ncc2F)s1. The number of esters is 1. The van der Waals surface area contributed by atoms with Crippen LogP contribution in [0.15, 0.2) is 41.4 Å². The fourth-order valence-electron chi connectivity index (χ4n) is 2.36. The van der Waals surface area contributed by atoms with E-state index >= 15 is 0 Å². The molecule has 0 radical (unpaired) electrons. The smallest absolute Gasteiger partial charge is 0.348 e. The number of anilines is 4. The highest BCUT2D eigenvalue weighted by molar-refractivity contribution is 7.89. The number of hydrogen-bond acceptors (Lipinski definition) is 9. The van der Waals surface area contributed by atoms with Crippen LogP contribution in [0.5, 0.6) is 0 Å². The van der Waals surface area contributed by atoms with E-state index in [2.05, 4.69) is 25.3 Å². The Labute approximate surface area is 169 Å². The van der Waals surface area contributed by atoms with Gasteiger partial charge in [-0.15, -0.1) is 11.3 Å². The summed E-state index contributed by atoms with van der Waals surface area (Å²) in [7, 11) is -2.63. The first-order valence-electron chi connectivity index (χ1n) is 8.05. The molecule has 0 fully saturated rings. The number of carbonyl (C=O) groups excluding carboxylic acids is 1. The van der Waals surface area contributed by atoms with E-state index < -0.39 is 21.8 Å². The number of rotatable bonds is 6. The van der Waals surface area contributed by atoms with Gasteiger partial charge in [-0.2, -0.15) is 4.98 Å². The Kier molecular flexibility index (Phi) is 5.77. The number of hydrogen-bond donors (Lipinski definition) is 3. The summed E-state index contributed by atoms with van der Waals surface area (Å²) in [5.74, 6) is -1.31. The lowest BCUT2D eigenvalue weighted by molar-refractivity contribution is 0.0606. The largest absolute Gasteiger partial charge is 0.465 e. The van der Waals surface area contributed by atoms with Crippen LogP contribution in [0.2, 0.25) is 0 Å². The van der Waals surface area contributed by atoms with Crippen molar-refractivity contribution in [3.8, 4) is 0 Å². The van der Waals surface area contributed by atoms with Gasteiger partial charge in [-0.25, -0.2) is 27.7 Å². The van der Waals surface area contributed by atoms with Crippen molar-refractivity contribution >= 4 is 49.8 Å². The van der Waals surface area contributed by atoms with Gasteiger partial charge < -0.3 is 15.4 Å². The lowest BCUT2D eigenvalue weighted by Gasteiger charge is -2.10. The number of nitrogens with two attached hydrogens (primary N) is 1. The molecule has 12 heteroatoms. The number of ether oxygens (including phenoxy) is 1. The first-order chi connectivity index (χ1) is 13.7. The molecule has 0 aliphatic rings. The average Bonchev–Trinajstić information content (AvgIpc) is 3.13. The lowest BCUT2D eigenvalue weighted by Crippen LogP contribution is -2.14. The minimum absolute atomic E-state index is 0.0304. The molecule has 9 nitrogen and oxygen atoms in total. The molecule has 0 saturated heterocycles. The number of primary sulfonamides is 1. The lowest BCUT2D eigenvalue weighted by atomic mass is 10.2. The number of aryl methyl sites for hydroxylation is 1. The van der Waals surface area contributed by atoms with Crippen LogP contribution < -0.4 is 15.8 Å². The molecule has 3 rings (SSSR count). The maximum absolute atomic E-state index is 14.1. The molecule has 0 atom stereocenters. The Bertz CT molecular complexity index is 1180. The van der Waals surface area contributed by atoms with Crippen molar-refractivity contribution in [3.05, 3.63) is 52.8 Å². The first-order valence-corrected chi connectivity index (χ1v) is 10.4. The van der Waals surface area contributed by atoms with Gasteiger partial charge in [0.2, 0.25) is 16.0 Å². The third kappa shape index (κ3) is 4.85. The predicted molar refractivity (Wildman–Crippen MR) is 107 cm³/mol. The zero-order chi connectivity index (χ0) is 21.2. The molecular weight excluding hydrogens is 421 g/mol. The van der Waals surface area contributed by atoms with E-state index in [4.69, 9.17) is 5.14 Å². The topological polar surface area (TPSA) is 136 Å². The maximum Gasteiger partial charge on any atom is 0.348 e. The number of benzene rings is 1. The van der Waals surface area contributed by atoms with E-state index in [9.17, 15) is 17.6 Å². The number of halogens is 1. The van der Waals surface area contributed by atoms with E-state index in [1.54, 1.807) is 25.1 Å². The summed E-state index contributed by atoms with van der Waals surface area (Å²) < 4.78 is 42.1. The van der Waals surface area contributed by atoms with Gasteiger partial charge in [-0.3, -0.25) is 0 Å². The van der Waals surface area contributed by atoms with Crippen molar-refractivity contribution in [2.24, 2.45) is 5.14 Å². The number of methoxy groups -OCH3 is 1. The van der Waals surface area contributed by atoms with E-state index in [1.165, 1.54) is 19.2 Å². The molecule has 152 valence electrons. The third-order valence-corrected chi connectivity index (χ3v) is 5.76. The summed E-state index contributed by atoms with van der Waals surface area (Å²) in [5, 5.41) is 11.3. The van der Waals surface area contributed by atoms with E-state index in [0.717, 1.165) is 17.5 Å². The molecule has 0 aliphatic heterocycles. The highest BCUT2D eigenvalue weighted by Gasteiger charge is 2.14. The number of nitrogens with zero attached hydrogens (tertiary/aromatic N) is 2. The summed E-state index contributed by atoms with van der Waals surface area (Å²) in [5.41, 5.74) is 0.848. The number of sulfonamides is 1. The van der Waals surface area contributed by atoms with Crippen LogP contribution in [-0.4, -0.2) is 31.5 Å². The van der Waals surface area contributed by atoms with Crippen molar-refractivity contribution in [1.82, 2.24) is 9.97 Å². The van der Waals surface area contributed by atoms with Gasteiger partial charge in [0.1, 0.15) is 4.88 Å². The minimum Gasteiger partial charge on any atom is -0.465 e. The monoisotopic (exact) mass is 437 g/mol. The molecule has 0 aliphatic carbocycles. The Morgan fingerprint density at radius 1 is 1.24 bits per heavy atom. The Balaban J connectivity index is 1.84. The molecule has 2 heterocycles. The average molecular weight is 437 g/mol. The van der Waals surface area contributed by atoms with Crippen LogP contribution >= 0.6 is 11.3 Å². The predicted octanol–water partition coefficient (Wildman–Crippen LogP) is 2.91. The molecule has 0 unspecified atom stereocenters. The molecule has 1 aromatic carbocycles. The van der Waals surface area contributed by atoms with E-state index in [-0.39, 0.29) is 16.7 Å². The fraction of sp³-hybridized carbons (Fsp3) is 0.118. The second kappa shape index (κ2) is 8.11. The summed E-state index contributed by atoms with van der Waals surface area (Å²) in [6.45, 7) is 1.61. The van der Waals surface area contributed by atoms with Crippen LogP contribution in [0.3, 0.4) is 0 Å². The van der Waals surface area contributed by atoms with Crippen LogP contribution in [0.25, 0.3) is 0 Å². The molecule has 3 aromatic rings. The van der Waals surface area contributed by atoms with Gasteiger partial charge in [0.05, 0.1) is 23.2 Å². The molecule has 2 aromatic heterocycles. The second-order valence-corrected chi connectivity index (χ2v) is 8.43. The van der Waals surface area contributed by atoms with Crippen LogP contribution in [0, 0.1) is 12.7 Å². The van der Waals surface area contributed by atoms with Gasteiger partial charge in [0, 0.05) is 5.69 Å². The van der Waals surface area contributed by atoms with E-state index in [0.29, 0.717) is 21.1 Å². The Morgan fingerprint density at radius 2 is 2.00 bits per heavy atom. The van der Waals surface area contributed by atoms with Crippen LogP contribution in [0.1, 0.15) is 15.2 Å². The highest BCUT2D eigenvalue weighted by atomic mass is 32.2. The van der Waals surface area contributed by atoms with Crippen molar-refractivity contribution in [1.29, 1.82) is 0 Å². The first kappa shape index (κ1) is 20.6. The van der Waals surface area contributed by atoms with Gasteiger partial charge in [-0.1, -0.05) is 6.07 Å². The summed E-state index contributed by atoms with van der Waals surface area (Å²) in [6, 6.07) is 7.66. The van der Waals surface area contributed by atoms with Gasteiger partial charge in [0.25, 0.3) is 0 Å². The standard InChI is InChI=1S/C17H16FN5O4S2/c1-9-3-4-10(7-13(9)29(19,25)26)21-17-20-8-11(18)15(23-17)22-14-6-5-12(28-14)16(24)27-2/h3-8H,1-2H3,(H2,19,25,26)(H2,20,21,22,23). The fourth-order valence-corrected chi connectivity index (χ4v) is 3.99. The van der Waals surface area contributed by atoms with Crippen LogP contribution in [0.4, 0.5) is 26.8 Å². The Hall–Kier alpha value is -3.09. The summed E-state index contributed by atoms with van der Waals surface area (Å²) in [4.78, 5) is 19.7. The van der Waals surface area contributed by atoms with Crippen molar-refractivity contribution < 1.29 is 22.3 Å².